The Morgan fingerprint density at radius 1 is 0.893 bits per heavy atom. The molecule has 5 nitrogen and oxygen atoms in total. The summed E-state index contributed by atoms with van der Waals surface area (Å²) in [5, 5.41) is 0. The Labute approximate surface area is 168 Å². The Hall–Kier alpha value is -1.88. The number of hydrogen-bond donors (Lipinski definition) is 0. The summed E-state index contributed by atoms with van der Waals surface area (Å²) in [6.45, 7) is 7.58. The molecule has 28 heavy (non-hydrogen) atoms. The standard InChI is InChI=1S/C23H33N3O2/c1-18-6-4-7-19(16-18)22(27)25-14-9-21(10-15-25)26-13-5-8-20(17-26)23(28)24-11-2-3-12-24/h4,6-7,16,20-21H,2-3,5,8-15,17H2,1H3/t20-/m1/s1. The predicted molar refractivity (Wildman–Crippen MR) is 110 cm³/mol. The van der Waals surface area contributed by atoms with Crippen LogP contribution in [0.4, 0.5) is 0 Å². The van der Waals surface area contributed by atoms with E-state index in [1.54, 1.807) is 0 Å². The number of carbonyl (C=O) groups excluding carboxylic acids is 2. The summed E-state index contributed by atoms with van der Waals surface area (Å²) in [6, 6.07) is 8.39. The van der Waals surface area contributed by atoms with Gasteiger partial charge in [-0.25, -0.2) is 0 Å². The molecule has 0 N–H and O–H groups in total. The molecule has 1 aromatic carbocycles. The van der Waals surface area contributed by atoms with Crippen LogP contribution in [0.2, 0.25) is 0 Å². The van der Waals surface area contributed by atoms with Crippen molar-refractivity contribution in [1.29, 1.82) is 0 Å². The van der Waals surface area contributed by atoms with E-state index in [0.717, 1.165) is 88.9 Å². The minimum atomic E-state index is 0.155. The van der Waals surface area contributed by atoms with Gasteiger partial charge in [0, 0.05) is 44.3 Å². The number of benzene rings is 1. The van der Waals surface area contributed by atoms with Crippen molar-refractivity contribution in [2.24, 2.45) is 5.92 Å². The molecular weight excluding hydrogens is 350 g/mol. The fourth-order valence-electron chi connectivity index (χ4n) is 5.13. The number of amides is 2. The lowest BCUT2D eigenvalue weighted by Gasteiger charge is -2.42. The molecule has 0 aromatic heterocycles. The van der Waals surface area contributed by atoms with E-state index >= 15 is 0 Å². The maximum Gasteiger partial charge on any atom is 0.253 e. The van der Waals surface area contributed by atoms with Gasteiger partial charge in [0.05, 0.1) is 5.92 Å². The summed E-state index contributed by atoms with van der Waals surface area (Å²) < 4.78 is 0. The summed E-state index contributed by atoms with van der Waals surface area (Å²) in [6.07, 6.45) is 6.51. The maximum absolute atomic E-state index is 12.8. The normalized spacial score (nSPS) is 24.5. The van der Waals surface area contributed by atoms with Crippen molar-refractivity contribution in [3.05, 3.63) is 35.4 Å². The lowest BCUT2D eigenvalue weighted by atomic mass is 9.92. The van der Waals surface area contributed by atoms with E-state index < -0.39 is 0 Å². The van der Waals surface area contributed by atoms with Crippen molar-refractivity contribution < 1.29 is 9.59 Å². The highest BCUT2D eigenvalue weighted by atomic mass is 16.2. The molecule has 3 aliphatic heterocycles. The van der Waals surface area contributed by atoms with E-state index in [1.165, 1.54) is 0 Å². The SMILES string of the molecule is Cc1cccc(C(=O)N2CCC(N3CCC[C@@H](C(=O)N4CCCC4)C3)CC2)c1. The van der Waals surface area contributed by atoms with E-state index in [9.17, 15) is 9.59 Å². The molecule has 0 spiro atoms. The number of nitrogens with zero attached hydrogens (tertiary/aromatic N) is 3. The fraction of sp³-hybridized carbons (Fsp3) is 0.652. The topological polar surface area (TPSA) is 43.9 Å². The first-order valence-electron chi connectivity index (χ1n) is 11.0. The number of piperidine rings is 2. The van der Waals surface area contributed by atoms with Gasteiger partial charge in [-0.15, -0.1) is 0 Å². The molecule has 3 aliphatic rings. The highest BCUT2D eigenvalue weighted by Crippen LogP contribution is 2.26. The van der Waals surface area contributed by atoms with Crippen molar-refractivity contribution in [1.82, 2.24) is 14.7 Å². The molecule has 0 aliphatic carbocycles. The Bertz CT molecular complexity index is 706. The molecule has 4 rings (SSSR count). The smallest absolute Gasteiger partial charge is 0.253 e. The second-order valence-corrected chi connectivity index (χ2v) is 8.76. The van der Waals surface area contributed by atoms with Crippen LogP contribution in [0.5, 0.6) is 0 Å². The van der Waals surface area contributed by atoms with Crippen LogP contribution in [0.3, 0.4) is 0 Å². The molecule has 152 valence electrons. The van der Waals surface area contributed by atoms with Crippen molar-refractivity contribution in [3.8, 4) is 0 Å². The summed E-state index contributed by atoms with van der Waals surface area (Å²) in [7, 11) is 0. The van der Waals surface area contributed by atoms with Crippen LogP contribution in [0, 0.1) is 12.8 Å². The molecule has 0 saturated carbocycles. The lowest BCUT2D eigenvalue weighted by molar-refractivity contribution is -0.136. The number of aryl methyl sites for hydroxylation is 1. The monoisotopic (exact) mass is 383 g/mol. The fourth-order valence-corrected chi connectivity index (χ4v) is 5.13. The predicted octanol–water partition coefficient (Wildman–Crippen LogP) is 2.93. The first kappa shape index (κ1) is 19.4. The van der Waals surface area contributed by atoms with Crippen LogP contribution in [0.1, 0.15) is 54.4 Å². The molecule has 3 saturated heterocycles. The first-order valence-corrected chi connectivity index (χ1v) is 11.0. The Kier molecular flexibility index (Phi) is 6.00. The van der Waals surface area contributed by atoms with E-state index in [2.05, 4.69) is 9.80 Å². The highest BCUT2D eigenvalue weighted by Gasteiger charge is 2.34. The molecule has 1 atom stereocenters. The zero-order valence-electron chi connectivity index (χ0n) is 17.1. The molecule has 3 heterocycles. The molecular formula is C23H33N3O2. The number of hydrogen-bond acceptors (Lipinski definition) is 3. The summed E-state index contributed by atoms with van der Waals surface area (Å²) in [5.74, 6) is 0.718. The minimum absolute atomic E-state index is 0.155. The van der Waals surface area contributed by atoms with Gasteiger partial charge in [0.25, 0.3) is 5.91 Å². The minimum Gasteiger partial charge on any atom is -0.342 e. The molecule has 3 fully saturated rings. The van der Waals surface area contributed by atoms with Gasteiger partial charge < -0.3 is 9.80 Å². The van der Waals surface area contributed by atoms with E-state index in [4.69, 9.17) is 0 Å². The first-order chi connectivity index (χ1) is 13.6. The Balaban J connectivity index is 1.30. The second-order valence-electron chi connectivity index (χ2n) is 8.76. The third kappa shape index (κ3) is 4.24. The van der Waals surface area contributed by atoms with Crippen molar-refractivity contribution >= 4 is 11.8 Å². The molecule has 5 heteroatoms. The van der Waals surface area contributed by atoms with Crippen LogP contribution in [0.25, 0.3) is 0 Å². The average Bonchev–Trinajstić information content (AvgIpc) is 3.28. The zero-order valence-corrected chi connectivity index (χ0v) is 17.1. The number of carbonyl (C=O) groups is 2. The summed E-state index contributed by atoms with van der Waals surface area (Å²) in [4.78, 5) is 32.2. The number of rotatable bonds is 3. The van der Waals surface area contributed by atoms with Crippen LogP contribution in [0.15, 0.2) is 24.3 Å². The summed E-state index contributed by atoms with van der Waals surface area (Å²) in [5.41, 5.74) is 1.93. The van der Waals surface area contributed by atoms with Crippen molar-refractivity contribution in [2.45, 2.75) is 51.5 Å². The van der Waals surface area contributed by atoms with Gasteiger partial charge in [-0.05, 0) is 64.1 Å². The van der Waals surface area contributed by atoms with E-state index in [0.29, 0.717) is 11.9 Å². The van der Waals surface area contributed by atoms with Gasteiger partial charge in [0.1, 0.15) is 0 Å². The zero-order chi connectivity index (χ0) is 19.5. The summed E-state index contributed by atoms with van der Waals surface area (Å²) >= 11 is 0. The quantitative estimate of drug-likeness (QED) is 0.806. The third-order valence-electron chi connectivity index (χ3n) is 6.75. The largest absolute Gasteiger partial charge is 0.342 e. The third-order valence-corrected chi connectivity index (χ3v) is 6.75. The second kappa shape index (κ2) is 8.64. The van der Waals surface area contributed by atoms with Gasteiger partial charge in [0.15, 0.2) is 0 Å². The van der Waals surface area contributed by atoms with Crippen LogP contribution in [-0.4, -0.2) is 71.8 Å². The van der Waals surface area contributed by atoms with E-state index in [1.807, 2.05) is 36.1 Å². The molecule has 1 aromatic rings. The van der Waals surface area contributed by atoms with Gasteiger partial charge in [-0.2, -0.15) is 0 Å². The molecule has 0 bridgehead atoms. The number of likely N-dealkylation sites (tertiary alicyclic amines) is 3. The average molecular weight is 384 g/mol. The maximum atomic E-state index is 12.8. The Morgan fingerprint density at radius 3 is 2.36 bits per heavy atom. The van der Waals surface area contributed by atoms with Crippen LogP contribution in [-0.2, 0) is 4.79 Å². The molecule has 0 radical (unpaired) electrons. The Morgan fingerprint density at radius 2 is 1.64 bits per heavy atom. The van der Waals surface area contributed by atoms with E-state index in [-0.39, 0.29) is 11.8 Å². The van der Waals surface area contributed by atoms with Crippen molar-refractivity contribution in [2.75, 3.05) is 39.3 Å². The van der Waals surface area contributed by atoms with Crippen LogP contribution >= 0.6 is 0 Å². The van der Waals surface area contributed by atoms with Gasteiger partial charge in [0.2, 0.25) is 5.91 Å². The highest BCUT2D eigenvalue weighted by molar-refractivity contribution is 5.94. The molecule has 0 unspecified atom stereocenters. The van der Waals surface area contributed by atoms with Crippen molar-refractivity contribution in [3.63, 3.8) is 0 Å². The van der Waals surface area contributed by atoms with Gasteiger partial charge >= 0.3 is 0 Å². The van der Waals surface area contributed by atoms with Crippen LogP contribution < -0.4 is 0 Å². The molecule has 2 amide bonds. The lowest BCUT2D eigenvalue weighted by Crippen LogP contribution is -2.51. The van der Waals surface area contributed by atoms with Gasteiger partial charge in [-0.1, -0.05) is 17.7 Å². The van der Waals surface area contributed by atoms with Gasteiger partial charge in [-0.3, -0.25) is 14.5 Å².